The summed E-state index contributed by atoms with van der Waals surface area (Å²) in [6.45, 7) is 1.25. The summed E-state index contributed by atoms with van der Waals surface area (Å²) >= 11 is 0. The lowest BCUT2D eigenvalue weighted by molar-refractivity contribution is 0.137. The minimum atomic E-state index is -3.35. The summed E-state index contributed by atoms with van der Waals surface area (Å²) in [7, 11) is -3.35. The molecule has 108 valence electrons. The Hall–Kier alpha value is -0.820. The van der Waals surface area contributed by atoms with Crippen molar-refractivity contribution in [2.45, 2.75) is 55.9 Å². The van der Waals surface area contributed by atoms with Crippen LogP contribution in [0.4, 0.5) is 0 Å². The Labute approximate surface area is 114 Å². The second kappa shape index (κ2) is 5.28. The van der Waals surface area contributed by atoms with E-state index < -0.39 is 15.3 Å². The fraction of sp³-hybridized carbons (Fsp3) is 0.917. The van der Waals surface area contributed by atoms with Gasteiger partial charge in [0.25, 0.3) is 6.02 Å². The molecule has 0 unspecified atom stereocenters. The van der Waals surface area contributed by atoms with Gasteiger partial charge in [-0.3, -0.25) is 0 Å². The van der Waals surface area contributed by atoms with Crippen molar-refractivity contribution in [3.63, 3.8) is 0 Å². The maximum absolute atomic E-state index is 12.2. The summed E-state index contributed by atoms with van der Waals surface area (Å²) in [6.07, 6.45) is 6.12. The first-order valence-electron chi connectivity index (χ1n) is 7.12. The molecule has 19 heavy (non-hydrogen) atoms. The topological polar surface area (TPSA) is 79.8 Å². The van der Waals surface area contributed by atoms with E-state index in [-0.39, 0.29) is 18.2 Å². The molecule has 0 bridgehead atoms. The van der Waals surface area contributed by atoms with Crippen LogP contribution in [0.3, 0.4) is 0 Å². The molecular formula is C12H21N3O3S. The number of aliphatic imine (C=N–C) groups is 1. The number of ether oxygens (including phenoxy) is 1. The van der Waals surface area contributed by atoms with Gasteiger partial charge in [0.05, 0.1) is 6.04 Å². The van der Waals surface area contributed by atoms with Crippen LogP contribution in [-0.2, 0) is 14.8 Å². The molecule has 7 heteroatoms. The van der Waals surface area contributed by atoms with Crippen LogP contribution in [0.5, 0.6) is 0 Å². The second-order valence-corrected chi connectivity index (χ2v) is 7.46. The molecule has 0 radical (unpaired) electrons. The average molecular weight is 287 g/mol. The van der Waals surface area contributed by atoms with E-state index in [1.165, 1.54) is 19.3 Å². The normalized spacial score (nSPS) is 37.2. The quantitative estimate of drug-likeness (QED) is 0.729. The highest BCUT2D eigenvalue weighted by Gasteiger charge is 2.42. The van der Waals surface area contributed by atoms with Gasteiger partial charge in [-0.2, -0.15) is 0 Å². The first-order valence-corrected chi connectivity index (χ1v) is 8.66. The van der Waals surface area contributed by atoms with Crippen LogP contribution >= 0.6 is 0 Å². The number of piperidine rings is 1. The number of hydrogen-bond acceptors (Lipinski definition) is 5. The molecule has 0 spiro atoms. The van der Waals surface area contributed by atoms with E-state index in [9.17, 15) is 8.42 Å². The second-order valence-electron chi connectivity index (χ2n) is 5.56. The summed E-state index contributed by atoms with van der Waals surface area (Å²) in [6, 6.07) is 0.430. The molecule has 3 aliphatic rings. The SMILES string of the molecule is O=S1(=O)NC(=NC2CCCCC2)O[C@H]2CCNC[C@H]21. The van der Waals surface area contributed by atoms with Crippen LogP contribution < -0.4 is 10.0 Å². The van der Waals surface area contributed by atoms with Gasteiger partial charge in [0.1, 0.15) is 11.4 Å². The van der Waals surface area contributed by atoms with Gasteiger partial charge in [-0.1, -0.05) is 19.3 Å². The molecule has 2 aliphatic heterocycles. The molecule has 3 fully saturated rings. The smallest absolute Gasteiger partial charge is 0.299 e. The van der Waals surface area contributed by atoms with Gasteiger partial charge in [-0.05, 0) is 25.8 Å². The number of nitrogens with zero attached hydrogens (tertiary/aromatic N) is 1. The first-order chi connectivity index (χ1) is 9.15. The van der Waals surface area contributed by atoms with Crippen LogP contribution in [0.25, 0.3) is 0 Å². The predicted octanol–water partition coefficient (Wildman–Crippen LogP) is 0.355. The van der Waals surface area contributed by atoms with Gasteiger partial charge >= 0.3 is 0 Å². The number of rotatable bonds is 1. The highest BCUT2D eigenvalue weighted by Crippen LogP contribution is 2.23. The van der Waals surface area contributed by atoms with Gasteiger partial charge in [0.15, 0.2) is 0 Å². The number of sulfonamides is 1. The zero-order valence-corrected chi connectivity index (χ0v) is 11.8. The first kappa shape index (κ1) is 13.2. The van der Waals surface area contributed by atoms with E-state index in [1.807, 2.05) is 0 Å². The summed E-state index contributed by atoms with van der Waals surface area (Å²) < 4.78 is 32.6. The fourth-order valence-corrected chi connectivity index (χ4v) is 4.47. The Morgan fingerprint density at radius 2 is 1.95 bits per heavy atom. The Morgan fingerprint density at radius 1 is 1.16 bits per heavy atom. The maximum atomic E-state index is 12.2. The molecule has 1 saturated carbocycles. The number of amidine groups is 1. The minimum absolute atomic E-state index is 0.213. The van der Waals surface area contributed by atoms with Crippen molar-refractivity contribution in [2.24, 2.45) is 4.99 Å². The van der Waals surface area contributed by atoms with Crippen LogP contribution in [0.2, 0.25) is 0 Å². The number of fused-ring (bicyclic) bond motifs is 1. The van der Waals surface area contributed by atoms with E-state index in [2.05, 4.69) is 15.0 Å². The summed E-state index contributed by atoms with van der Waals surface area (Å²) in [5.74, 6) is 0. The van der Waals surface area contributed by atoms with Crippen molar-refractivity contribution in [2.75, 3.05) is 13.1 Å². The zero-order chi connectivity index (χ0) is 13.3. The van der Waals surface area contributed by atoms with Crippen molar-refractivity contribution in [3.05, 3.63) is 0 Å². The molecule has 3 rings (SSSR count). The van der Waals surface area contributed by atoms with Crippen molar-refractivity contribution in [3.8, 4) is 0 Å². The number of nitrogens with one attached hydrogen (secondary N) is 2. The third-order valence-electron chi connectivity index (χ3n) is 4.13. The van der Waals surface area contributed by atoms with Gasteiger partial charge in [-0.15, -0.1) is 0 Å². The standard InChI is InChI=1S/C12H21N3O3S/c16-19(17)11-8-13-7-6-10(11)18-12(15-19)14-9-4-2-1-3-5-9/h9-11,13H,1-8H2,(H,14,15)/t10-,11+/m0/s1. The highest BCUT2D eigenvalue weighted by atomic mass is 32.2. The summed E-state index contributed by atoms with van der Waals surface area (Å²) in [5.41, 5.74) is 0. The Kier molecular flexibility index (Phi) is 3.66. The van der Waals surface area contributed by atoms with Crippen LogP contribution in [0, 0.1) is 0 Å². The van der Waals surface area contributed by atoms with Crippen molar-refractivity contribution >= 4 is 16.0 Å². The van der Waals surface area contributed by atoms with Crippen LogP contribution in [-0.4, -0.2) is 44.9 Å². The largest absolute Gasteiger partial charge is 0.460 e. The van der Waals surface area contributed by atoms with E-state index in [1.54, 1.807) is 0 Å². The third kappa shape index (κ3) is 2.86. The van der Waals surface area contributed by atoms with Crippen LogP contribution in [0.1, 0.15) is 38.5 Å². The van der Waals surface area contributed by atoms with Crippen molar-refractivity contribution in [1.29, 1.82) is 0 Å². The molecule has 6 nitrogen and oxygen atoms in total. The molecule has 2 N–H and O–H groups in total. The molecular weight excluding hydrogens is 266 g/mol. The Morgan fingerprint density at radius 3 is 2.74 bits per heavy atom. The van der Waals surface area contributed by atoms with Gasteiger partial charge in [-0.25, -0.2) is 18.1 Å². The zero-order valence-electron chi connectivity index (χ0n) is 11.0. The van der Waals surface area contributed by atoms with Gasteiger partial charge < -0.3 is 10.1 Å². The monoisotopic (exact) mass is 287 g/mol. The van der Waals surface area contributed by atoms with Gasteiger partial charge in [0, 0.05) is 6.54 Å². The molecule has 2 saturated heterocycles. The van der Waals surface area contributed by atoms with E-state index in [4.69, 9.17) is 4.74 Å². The van der Waals surface area contributed by atoms with E-state index >= 15 is 0 Å². The lowest BCUT2D eigenvalue weighted by Gasteiger charge is -2.36. The highest BCUT2D eigenvalue weighted by molar-refractivity contribution is 7.90. The fourth-order valence-electron chi connectivity index (χ4n) is 3.05. The lowest BCUT2D eigenvalue weighted by Crippen LogP contribution is -2.59. The van der Waals surface area contributed by atoms with E-state index in [0.29, 0.717) is 6.54 Å². The summed E-state index contributed by atoms with van der Waals surface area (Å²) in [4.78, 5) is 4.47. The minimum Gasteiger partial charge on any atom is -0.460 e. The molecule has 0 aromatic heterocycles. The lowest BCUT2D eigenvalue weighted by atomic mass is 9.96. The maximum Gasteiger partial charge on any atom is 0.299 e. The predicted molar refractivity (Wildman–Crippen MR) is 72.5 cm³/mol. The third-order valence-corrected chi connectivity index (χ3v) is 5.86. The molecule has 0 aromatic rings. The summed E-state index contributed by atoms with van der Waals surface area (Å²) in [5, 5.41) is 2.60. The Balaban J connectivity index is 1.75. The van der Waals surface area contributed by atoms with Crippen molar-refractivity contribution < 1.29 is 13.2 Å². The van der Waals surface area contributed by atoms with Gasteiger partial charge in [0.2, 0.25) is 10.0 Å². The average Bonchev–Trinajstić information content (AvgIpc) is 2.39. The number of hydrogen-bond donors (Lipinski definition) is 2. The van der Waals surface area contributed by atoms with E-state index in [0.717, 1.165) is 25.8 Å². The molecule has 0 amide bonds. The Bertz CT molecular complexity index is 457. The van der Waals surface area contributed by atoms with Crippen LogP contribution in [0.15, 0.2) is 4.99 Å². The van der Waals surface area contributed by atoms with Crippen molar-refractivity contribution in [1.82, 2.24) is 10.0 Å². The molecule has 2 atom stereocenters. The molecule has 0 aromatic carbocycles. The molecule has 2 heterocycles. The molecule has 1 aliphatic carbocycles.